The Kier molecular flexibility index (Phi) is 4.42. The van der Waals surface area contributed by atoms with Crippen molar-refractivity contribution in [1.29, 1.82) is 0 Å². The van der Waals surface area contributed by atoms with Gasteiger partial charge in [-0.05, 0) is 19.8 Å². The second kappa shape index (κ2) is 5.91. The molecule has 20 heavy (non-hydrogen) atoms. The molecule has 112 valence electrons. The molecule has 1 saturated heterocycles. The Balaban J connectivity index is 1.89. The van der Waals surface area contributed by atoms with E-state index < -0.39 is 6.04 Å². The van der Waals surface area contributed by atoms with Crippen LogP contribution in [0.25, 0.3) is 0 Å². The molecule has 0 spiro atoms. The second-order valence-electron chi connectivity index (χ2n) is 5.69. The van der Waals surface area contributed by atoms with E-state index in [-0.39, 0.29) is 42.2 Å². The van der Waals surface area contributed by atoms with Gasteiger partial charge in [0.05, 0.1) is 18.4 Å². The summed E-state index contributed by atoms with van der Waals surface area (Å²) in [6.07, 6.45) is 1.10. The summed E-state index contributed by atoms with van der Waals surface area (Å²) in [5.74, 6) is -0.645. The van der Waals surface area contributed by atoms with Crippen LogP contribution in [0.1, 0.15) is 33.6 Å². The average molecular weight is 282 g/mol. The lowest BCUT2D eigenvalue weighted by molar-refractivity contribution is -0.148. The minimum Gasteiger partial charge on any atom is -0.465 e. The van der Waals surface area contributed by atoms with Gasteiger partial charge in [0.2, 0.25) is 11.8 Å². The molecule has 3 unspecified atom stereocenters. The van der Waals surface area contributed by atoms with E-state index in [1.54, 1.807) is 6.92 Å². The largest absolute Gasteiger partial charge is 0.465 e. The summed E-state index contributed by atoms with van der Waals surface area (Å²) in [7, 11) is 0. The van der Waals surface area contributed by atoms with E-state index in [1.165, 1.54) is 4.90 Å². The number of amides is 2. The number of rotatable bonds is 7. The summed E-state index contributed by atoms with van der Waals surface area (Å²) in [6.45, 7) is 6.24. The molecule has 2 amide bonds. The molecule has 2 rings (SSSR count). The van der Waals surface area contributed by atoms with Crippen molar-refractivity contribution < 1.29 is 19.1 Å². The number of nitrogens with one attached hydrogen (secondary N) is 1. The third kappa shape index (κ3) is 3.00. The molecule has 2 aliphatic rings. The highest BCUT2D eigenvalue weighted by Crippen LogP contribution is 2.46. The van der Waals surface area contributed by atoms with Crippen LogP contribution in [-0.4, -0.2) is 47.9 Å². The lowest BCUT2D eigenvalue weighted by Crippen LogP contribution is -2.45. The van der Waals surface area contributed by atoms with Crippen molar-refractivity contribution in [1.82, 2.24) is 10.2 Å². The van der Waals surface area contributed by atoms with Crippen LogP contribution >= 0.6 is 0 Å². The standard InChI is InChI=1S/C14H22N2O4/c1-4-20-14(19)11(15-8(2)3)5-6-16-12(17)9-7-10(9)13(16)18/h8-11,15H,4-7H2,1-3H3. The summed E-state index contributed by atoms with van der Waals surface area (Å²) >= 11 is 0. The van der Waals surface area contributed by atoms with Gasteiger partial charge in [0.25, 0.3) is 0 Å². The molecule has 0 bridgehead atoms. The van der Waals surface area contributed by atoms with E-state index in [9.17, 15) is 14.4 Å². The smallest absolute Gasteiger partial charge is 0.323 e. The van der Waals surface area contributed by atoms with Crippen molar-refractivity contribution >= 4 is 17.8 Å². The summed E-state index contributed by atoms with van der Waals surface area (Å²) in [6, 6.07) is -0.352. The molecule has 0 aromatic carbocycles. The molecule has 0 radical (unpaired) electrons. The second-order valence-corrected chi connectivity index (χ2v) is 5.69. The van der Waals surface area contributed by atoms with E-state index in [4.69, 9.17) is 4.74 Å². The summed E-state index contributed by atoms with van der Waals surface area (Å²) in [5.41, 5.74) is 0. The summed E-state index contributed by atoms with van der Waals surface area (Å²) in [5, 5.41) is 3.12. The molecule has 1 N–H and O–H groups in total. The number of hydrogen-bond acceptors (Lipinski definition) is 5. The lowest BCUT2D eigenvalue weighted by Gasteiger charge is -2.23. The van der Waals surface area contributed by atoms with E-state index in [2.05, 4.69) is 5.32 Å². The van der Waals surface area contributed by atoms with Crippen LogP contribution in [-0.2, 0) is 19.1 Å². The first-order chi connectivity index (χ1) is 9.45. The first-order valence-corrected chi connectivity index (χ1v) is 7.23. The zero-order valence-corrected chi connectivity index (χ0v) is 12.2. The molecule has 3 atom stereocenters. The molecule has 1 aliphatic heterocycles. The third-order valence-electron chi connectivity index (χ3n) is 3.70. The number of nitrogens with zero attached hydrogens (tertiary/aromatic N) is 1. The zero-order valence-electron chi connectivity index (χ0n) is 12.2. The molecule has 1 heterocycles. The summed E-state index contributed by atoms with van der Waals surface area (Å²) in [4.78, 5) is 36.9. The monoisotopic (exact) mass is 282 g/mol. The lowest BCUT2D eigenvalue weighted by atomic mass is 10.1. The number of esters is 1. The Hall–Kier alpha value is -1.43. The Morgan fingerprint density at radius 1 is 1.35 bits per heavy atom. The quantitative estimate of drug-likeness (QED) is 0.537. The van der Waals surface area contributed by atoms with Crippen molar-refractivity contribution in [2.75, 3.05) is 13.2 Å². The zero-order chi connectivity index (χ0) is 14.9. The molecular formula is C14H22N2O4. The van der Waals surface area contributed by atoms with Gasteiger partial charge in [0.1, 0.15) is 6.04 Å². The normalized spacial score (nSPS) is 25.9. The first kappa shape index (κ1) is 15.0. The Bertz CT molecular complexity index is 401. The number of piperidine rings is 1. The highest BCUT2D eigenvalue weighted by molar-refractivity contribution is 6.08. The van der Waals surface area contributed by atoms with Crippen LogP contribution in [0.5, 0.6) is 0 Å². The molecule has 2 fully saturated rings. The van der Waals surface area contributed by atoms with Gasteiger partial charge in [-0.15, -0.1) is 0 Å². The van der Waals surface area contributed by atoms with Crippen molar-refractivity contribution in [2.45, 2.75) is 45.7 Å². The minimum absolute atomic E-state index is 0.0767. The molecule has 6 heteroatoms. The van der Waals surface area contributed by atoms with Crippen molar-refractivity contribution in [2.24, 2.45) is 11.8 Å². The highest BCUT2D eigenvalue weighted by atomic mass is 16.5. The van der Waals surface area contributed by atoms with E-state index >= 15 is 0 Å². The van der Waals surface area contributed by atoms with E-state index in [0.717, 1.165) is 0 Å². The maximum absolute atomic E-state index is 11.9. The van der Waals surface area contributed by atoms with Crippen molar-refractivity contribution in [3.05, 3.63) is 0 Å². The van der Waals surface area contributed by atoms with Gasteiger partial charge in [0, 0.05) is 12.6 Å². The Morgan fingerprint density at radius 2 is 1.95 bits per heavy atom. The molecular weight excluding hydrogens is 260 g/mol. The molecule has 1 aliphatic carbocycles. The first-order valence-electron chi connectivity index (χ1n) is 7.23. The van der Waals surface area contributed by atoms with Gasteiger partial charge in [-0.1, -0.05) is 13.8 Å². The number of hydrogen-bond donors (Lipinski definition) is 1. The number of fused-ring (bicyclic) bond motifs is 1. The van der Waals surface area contributed by atoms with Crippen molar-refractivity contribution in [3.63, 3.8) is 0 Å². The van der Waals surface area contributed by atoms with Crippen LogP contribution in [0.4, 0.5) is 0 Å². The minimum atomic E-state index is -0.479. The van der Waals surface area contributed by atoms with Gasteiger partial charge in [-0.2, -0.15) is 0 Å². The number of carbonyl (C=O) groups is 3. The average Bonchev–Trinajstić information content (AvgIpc) is 3.12. The SMILES string of the molecule is CCOC(=O)C(CCN1C(=O)C2CC2C1=O)NC(C)C. The Morgan fingerprint density at radius 3 is 2.45 bits per heavy atom. The molecule has 6 nitrogen and oxygen atoms in total. The van der Waals surface area contributed by atoms with Crippen LogP contribution in [0, 0.1) is 11.8 Å². The Labute approximate surface area is 118 Å². The topological polar surface area (TPSA) is 75.7 Å². The fourth-order valence-corrected chi connectivity index (χ4v) is 2.64. The number of carbonyl (C=O) groups excluding carboxylic acids is 3. The highest BCUT2D eigenvalue weighted by Gasteiger charge is 2.58. The van der Waals surface area contributed by atoms with Crippen molar-refractivity contribution in [3.8, 4) is 0 Å². The summed E-state index contributed by atoms with van der Waals surface area (Å²) < 4.78 is 5.01. The van der Waals surface area contributed by atoms with E-state index in [0.29, 0.717) is 19.4 Å². The number of ether oxygens (including phenoxy) is 1. The number of imide groups is 1. The van der Waals surface area contributed by atoms with Gasteiger partial charge in [0.15, 0.2) is 0 Å². The van der Waals surface area contributed by atoms with Gasteiger partial charge < -0.3 is 10.1 Å². The fraction of sp³-hybridized carbons (Fsp3) is 0.786. The predicted octanol–water partition coefficient (Wildman–Crippen LogP) is 0.311. The van der Waals surface area contributed by atoms with Crippen LogP contribution in [0.3, 0.4) is 0 Å². The molecule has 1 saturated carbocycles. The third-order valence-corrected chi connectivity index (χ3v) is 3.70. The number of likely N-dealkylation sites (tertiary alicyclic amines) is 1. The van der Waals surface area contributed by atoms with E-state index in [1.807, 2.05) is 13.8 Å². The molecule has 0 aromatic rings. The van der Waals surface area contributed by atoms with Crippen LogP contribution < -0.4 is 5.32 Å². The van der Waals surface area contributed by atoms with Gasteiger partial charge >= 0.3 is 5.97 Å². The molecule has 0 aromatic heterocycles. The maximum Gasteiger partial charge on any atom is 0.323 e. The maximum atomic E-state index is 11.9. The fourth-order valence-electron chi connectivity index (χ4n) is 2.64. The van der Waals surface area contributed by atoms with Crippen LogP contribution in [0.2, 0.25) is 0 Å². The van der Waals surface area contributed by atoms with Gasteiger partial charge in [-0.25, -0.2) is 0 Å². The van der Waals surface area contributed by atoms with Gasteiger partial charge in [-0.3, -0.25) is 19.3 Å². The van der Waals surface area contributed by atoms with Crippen LogP contribution in [0.15, 0.2) is 0 Å². The predicted molar refractivity (Wildman–Crippen MR) is 71.6 cm³/mol.